The highest BCUT2D eigenvalue weighted by Crippen LogP contribution is 2.39. The highest BCUT2D eigenvalue weighted by atomic mass is 16.5. The third-order valence-electron chi connectivity index (χ3n) is 5.51. The van der Waals surface area contributed by atoms with Crippen LogP contribution in [0.4, 0.5) is 0 Å². The molecule has 0 aliphatic heterocycles. The molecule has 4 unspecified atom stereocenters. The van der Waals surface area contributed by atoms with Crippen molar-refractivity contribution < 1.29 is 14.3 Å². The van der Waals surface area contributed by atoms with Crippen molar-refractivity contribution in [2.24, 2.45) is 17.8 Å². The Morgan fingerprint density at radius 1 is 0.655 bits per heavy atom. The van der Waals surface area contributed by atoms with Crippen LogP contribution in [0.2, 0.25) is 0 Å². The lowest BCUT2D eigenvalue weighted by atomic mass is 9.68. The second-order valence-electron chi connectivity index (χ2n) is 7.28. The van der Waals surface area contributed by atoms with E-state index in [0.717, 1.165) is 11.1 Å². The van der Waals surface area contributed by atoms with Crippen LogP contribution in [-0.2, 0) is 27.5 Å². The molecule has 2 aromatic rings. The first kappa shape index (κ1) is 21.0. The fourth-order valence-corrected chi connectivity index (χ4v) is 3.98. The summed E-state index contributed by atoms with van der Waals surface area (Å²) in [6, 6.07) is 19.7. The van der Waals surface area contributed by atoms with Gasteiger partial charge in [0.1, 0.15) is 12.2 Å². The van der Waals surface area contributed by atoms with Crippen LogP contribution < -0.4 is 0 Å². The molecule has 2 aromatic carbocycles. The highest BCUT2D eigenvalue weighted by Gasteiger charge is 2.48. The van der Waals surface area contributed by atoms with E-state index in [1.807, 2.05) is 66.7 Å². The molecule has 0 spiro atoms. The van der Waals surface area contributed by atoms with Gasteiger partial charge in [0.15, 0.2) is 5.78 Å². The van der Waals surface area contributed by atoms with Gasteiger partial charge in [-0.1, -0.05) is 78.9 Å². The molecule has 0 radical (unpaired) electrons. The number of hydrogen-bond donors (Lipinski definition) is 0. The Hall–Kier alpha value is -2.75. The lowest BCUT2D eigenvalue weighted by molar-refractivity contribution is -0.160. The first-order chi connectivity index (χ1) is 14.2. The van der Waals surface area contributed by atoms with Gasteiger partial charge < -0.3 is 9.47 Å². The van der Waals surface area contributed by atoms with Gasteiger partial charge in [0, 0.05) is 11.8 Å². The standard InChI is InChI=1S/C26H28O3/c1-4-21-22(5-2)25(28-17-19-13-9-7-10-14-19)24(27)26(23(21)6-3)29-18-20-15-11-8-12-16-20/h4-16,21-23,25-26H,1-3,17-18H2. The van der Waals surface area contributed by atoms with E-state index in [4.69, 9.17) is 9.47 Å². The fourth-order valence-electron chi connectivity index (χ4n) is 3.98. The van der Waals surface area contributed by atoms with Gasteiger partial charge in [-0.05, 0) is 17.0 Å². The molecule has 150 valence electrons. The normalized spacial score (nSPS) is 26.6. The molecule has 29 heavy (non-hydrogen) atoms. The van der Waals surface area contributed by atoms with Crippen LogP contribution in [0, 0.1) is 17.8 Å². The average Bonchev–Trinajstić information content (AvgIpc) is 2.77. The van der Waals surface area contributed by atoms with E-state index in [9.17, 15) is 4.79 Å². The number of allylic oxidation sites excluding steroid dienone is 1. The van der Waals surface area contributed by atoms with E-state index in [2.05, 4.69) is 19.7 Å². The molecular weight excluding hydrogens is 360 g/mol. The Morgan fingerprint density at radius 2 is 1.03 bits per heavy atom. The second kappa shape index (κ2) is 10.1. The Morgan fingerprint density at radius 3 is 1.38 bits per heavy atom. The van der Waals surface area contributed by atoms with Gasteiger partial charge >= 0.3 is 0 Å². The fraction of sp³-hybridized carbons (Fsp3) is 0.269. The summed E-state index contributed by atoms with van der Waals surface area (Å²) in [4.78, 5) is 13.4. The van der Waals surface area contributed by atoms with Gasteiger partial charge in [-0.2, -0.15) is 0 Å². The van der Waals surface area contributed by atoms with Gasteiger partial charge in [-0.25, -0.2) is 0 Å². The van der Waals surface area contributed by atoms with Crippen LogP contribution >= 0.6 is 0 Å². The number of carbonyl (C=O) groups is 1. The topological polar surface area (TPSA) is 35.5 Å². The maximum atomic E-state index is 13.4. The van der Waals surface area contributed by atoms with Gasteiger partial charge in [-0.3, -0.25) is 4.79 Å². The summed E-state index contributed by atoms with van der Waals surface area (Å²) in [7, 11) is 0. The second-order valence-corrected chi connectivity index (χ2v) is 7.28. The number of ether oxygens (including phenoxy) is 2. The van der Waals surface area contributed by atoms with E-state index < -0.39 is 12.2 Å². The molecule has 0 aromatic heterocycles. The zero-order chi connectivity index (χ0) is 20.6. The molecule has 1 fully saturated rings. The molecule has 3 nitrogen and oxygen atoms in total. The van der Waals surface area contributed by atoms with Crippen molar-refractivity contribution in [1.82, 2.24) is 0 Å². The molecular formula is C26H28O3. The molecule has 0 heterocycles. The van der Waals surface area contributed by atoms with Gasteiger partial charge in [0.25, 0.3) is 0 Å². The molecule has 0 amide bonds. The Bertz CT molecular complexity index is 762. The van der Waals surface area contributed by atoms with Crippen molar-refractivity contribution in [2.75, 3.05) is 0 Å². The van der Waals surface area contributed by atoms with E-state index in [1.54, 1.807) is 12.2 Å². The van der Waals surface area contributed by atoms with Crippen molar-refractivity contribution in [3.05, 3.63) is 110 Å². The largest absolute Gasteiger partial charge is 0.365 e. The van der Waals surface area contributed by atoms with Crippen molar-refractivity contribution in [1.29, 1.82) is 0 Å². The molecule has 1 aliphatic rings. The maximum absolute atomic E-state index is 13.4. The summed E-state index contributed by atoms with van der Waals surface area (Å²) in [6.45, 7) is 12.6. The number of Topliss-reactive ketones (excluding diaryl/α,β-unsaturated/α-hetero) is 1. The number of ketones is 1. The van der Waals surface area contributed by atoms with Crippen molar-refractivity contribution >= 4 is 5.78 Å². The lowest BCUT2D eigenvalue weighted by Crippen LogP contribution is -2.53. The third-order valence-corrected chi connectivity index (χ3v) is 5.51. The number of carbonyl (C=O) groups excluding carboxylic acids is 1. The molecule has 3 heteroatoms. The predicted octanol–water partition coefficient (Wildman–Crippen LogP) is 5.15. The summed E-state index contributed by atoms with van der Waals surface area (Å²) in [6.07, 6.45) is 4.19. The van der Waals surface area contributed by atoms with E-state index in [0.29, 0.717) is 13.2 Å². The third kappa shape index (κ3) is 4.81. The smallest absolute Gasteiger partial charge is 0.191 e. The minimum absolute atomic E-state index is 0.0377. The molecule has 3 rings (SSSR count). The van der Waals surface area contributed by atoms with Crippen molar-refractivity contribution in [3.63, 3.8) is 0 Å². The Balaban J connectivity index is 1.81. The first-order valence-electron chi connectivity index (χ1n) is 9.92. The Labute approximate surface area is 173 Å². The van der Waals surface area contributed by atoms with Gasteiger partial charge in [0.05, 0.1) is 13.2 Å². The average molecular weight is 389 g/mol. The number of benzene rings is 2. The summed E-state index contributed by atoms with van der Waals surface area (Å²) in [5.41, 5.74) is 2.04. The molecule has 0 bridgehead atoms. The van der Waals surface area contributed by atoms with Gasteiger partial charge in [0.2, 0.25) is 0 Å². The van der Waals surface area contributed by atoms with Crippen LogP contribution in [0.5, 0.6) is 0 Å². The highest BCUT2D eigenvalue weighted by molar-refractivity contribution is 5.89. The van der Waals surface area contributed by atoms with Crippen LogP contribution in [0.25, 0.3) is 0 Å². The lowest BCUT2D eigenvalue weighted by Gasteiger charge is -2.42. The van der Waals surface area contributed by atoms with Crippen LogP contribution in [0.1, 0.15) is 11.1 Å². The van der Waals surface area contributed by atoms with E-state index in [-0.39, 0.29) is 23.5 Å². The Kier molecular flexibility index (Phi) is 7.34. The molecule has 0 saturated heterocycles. The van der Waals surface area contributed by atoms with Crippen molar-refractivity contribution in [3.8, 4) is 0 Å². The monoisotopic (exact) mass is 388 g/mol. The number of rotatable bonds is 9. The first-order valence-corrected chi connectivity index (χ1v) is 9.92. The molecule has 4 atom stereocenters. The van der Waals surface area contributed by atoms with Crippen LogP contribution in [-0.4, -0.2) is 18.0 Å². The number of hydrogen-bond acceptors (Lipinski definition) is 3. The maximum Gasteiger partial charge on any atom is 0.191 e. The summed E-state index contributed by atoms with van der Waals surface area (Å²) >= 11 is 0. The zero-order valence-electron chi connectivity index (χ0n) is 16.7. The van der Waals surface area contributed by atoms with Crippen LogP contribution in [0.3, 0.4) is 0 Å². The van der Waals surface area contributed by atoms with Crippen molar-refractivity contribution in [2.45, 2.75) is 25.4 Å². The van der Waals surface area contributed by atoms with E-state index >= 15 is 0 Å². The zero-order valence-corrected chi connectivity index (χ0v) is 16.7. The minimum atomic E-state index is -0.632. The quantitative estimate of drug-likeness (QED) is 0.558. The minimum Gasteiger partial charge on any atom is -0.365 e. The predicted molar refractivity (Wildman–Crippen MR) is 116 cm³/mol. The van der Waals surface area contributed by atoms with Gasteiger partial charge in [-0.15, -0.1) is 19.7 Å². The van der Waals surface area contributed by atoms with E-state index in [1.165, 1.54) is 0 Å². The molecule has 1 saturated carbocycles. The van der Waals surface area contributed by atoms with Crippen LogP contribution in [0.15, 0.2) is 98.6 Å². The SMILES string of the molecule is C=CC1C(OCc2ccccc2)C(=O)C(OCc2ccccc2)C(C=C)C1C=C. The summed E-state index contributed by atoms with van der Waals surface area (Å²) in [5, 5.41) is 0. The molecule has 0 N–H and O–H groups in total. The molecule has 1 aliphatic carbocycles. The summed E-state index contributed by atoms with van der Waals surface area (Å²) < 4.78 is 12.2. The summed E-state index contributed by atoms with van der Waals surface area (Å²) in [5.74, 6) is -0.458.